The Morgan fingerprint density at radius 2 is 2.03 bits per heavy atom. The van der Waals surface area contributed by atoms with Gasteiger partial charge in [0.05, 0.1) is 29.0 Å². The molecular formula is C22H21N3O4. The van der Waals surface area contributed by atoms with Gasteiger partial charge in [0.2, 0.25) is 0 Å². The molecule has 0 radical (unpaired) electrons. The van der Waals surface area contributed by atoms with Gasteiger partial charge in [0, 0.05) is 10.9 Å². The number of ether oxygens (including phenoxy) is 1. The zero-order valence-electron chi connectivity index (χ0n) is 16.3. The Morgan fingerprint density at radius 3 is 2.76 bits per heavy atom. The van der Waals surface area contributed by atoms with Gasteiger partial charge in [-0.1, -0.05) is 13.8 Å². The molecule has 3 aromatic rings. The van der Waals surface area contributed by atoms with Crippen LogP contribution in [0, 0.1) is 0 Å². The first-order chi connectivity index (χ1) is 13.9. The van der Waals surface area contributed by atoms with Crippen molar-refractivity contribution in [1.82, 2.24) is 9.55 Å². The molecule has 2 aliphatic heterocycles. The van der Waals surface area contributed by atoms with E-state index < -0.39 is 11.5 Å². The van der Waals surface area contributed by atoms with Crippen LogP contribution in [0.2, 0.25) is 0 Å². The highest BCUT2D eigenvalue weighted by atomic mass is 16.5. The number of phenols is 1. The number of carbonyl (C=O) groups is 1. The fourth-order valence-electron chi connectivity index (χ4n) is 4.59. The summed E-state index contributed by atoms with van der Waals surface area (Å²) in [7, 11) is 0. The Labute approximate surface area is 166 Å². The number of fused-ring (bicyclic) bond motifs is 5. The lowest BCUT2D eigenvalue weighted by Gasteiger charge is -2.32. The van der Waals surface area contributed by atoms with Crippen LogP contribution in [0.15, 0.2) is 29.1 Å². The third-order valence-corrected chi connectivity index (χ3v) is 6.25. The standard InChI is InChI=1S/C22H21N3O4/c1-3-12-13-7-11(26)5-6-17(13)24-19-14(12)9-25-18(19)8-16-15(20(25)27)10-29-21(28)22(16,23)4-2/h5-8,26H,3-4,9-10,23H2,1-2H3. The molecule has 0 saturated carbocycles. The van der Waals surface area contributed by atoms with Gasteiger partial charge in [0.15, 0.2) is 0 Å². The van der Waals surface area contributed by atoms with Crippen molar-refractivity contribution in [2.75, 3.05) is 0 Å². The van der Waals surface area contributed by atoms with Crippen LogP contribution in [-0.4, -0.2) is 20.6 Å². The molecule has 3 N–H and O–H groups in total. The van der Waals surface area contributed by atoms with E-state index in [0.29, 0.717) is 29.8 Å². The Balaban J connectivity index is 1.84. The summed E-state index contributed by atoms with van der Waals surface area (Å²) in [6, 6.07) is 6.94. The number of cyclic esters (lactones) is 1. The average Bonchev–Trinajstić information content (AvgIpc) is 3.08. The summed E-state index contributed by atoms with van der Waals surface area (Å²) in [5.74, 6) is -0.324. The molecule has 0 amide bonds. The number of nitrogens with zero attached hydrogens (tertiary/aromatic N) is 2. The maximum Gasteiger partial charge on any atom is 0.331 e. The molecule has 148 valence electrons. The lowest BCUT2D eigenvalue weighted by molar-refractivity contribution is -0.154. The number of aryl methyl sites for hydroxylation is 1. The van der Waals surface area contributed by atoms with Crippen LogP contribution in [0.5, 0.6) is 5.75 Å². The number of esters is 1. The topological polar surface area (TPSA) is 107 Å². The SMILES string of the molecule is CCc1c2c(nc3ccc(O)cc13)-c1cc3c(c(=O)n1C2)COC(=O)C3(N)CC. The molecule has 1 unspecified atom stereocenters. The van der Waals surface area contributed by atoms with Crippen LogP contribution >= 0.6 is 0 Å². The molecule has 0 fully saturated rings. The van der Waals surface area contributed by atoms with Crippen molar-refractivity contribution < 1.29 is 14.6 Å². The fourth-order valence-corrected chi connectivity index (χ4v) is 4.59. The number of rotatable bonds is 2. The predicted octanol–water partition coefficient (Wildman–Crippen LogP) is 2.31. The van der Waals surface area contributed by atoms with Crippen LogP contribution in [0.4, 0.5) is 0 Å². The third-order valence-electron chi connectivity index (χ3n) is 6.25. The first kappa shape index (κ1) is 17.9. The van der Waals surface area contributed by atoms with E-state index in [4.69, 9.17) is 15.5 Å². The summed E-state index contributed by atoms with van der Waals surface area (Å²) < 4.78 is 6.91. The van der Waals surface area contributed by atoms with Crippen LogP contribution in [-0.2, 0) is 34.6 Å². The smallest absolute Gasteiger partial charge is 0.331 e. The molecule has 5 rings (SSSR count). The second-order valence-corrected chi connectivity index (χ2v) is 7.69. The van der Waals surface area contributed by atoms with Crippen molar-refractivity contribution in [3.8, 4) is 17.1 Å². The van der Waals surface area contributed by atoms with Gasteiger partial charge in [0.1, 0.15) is 17.9 Å². The number of aromatic hydroxyl groups is 1. The quantitative estimate of drug-likeness (QED) is 0.508. The molecule has 7 nitrogen and oxygen atoms in total. The van der Waals surface area contributed by atoms with E-state index in [2.05, 4.69) is 0 Å². The molecule has 4 heterocycles. The molecule has 0 saturated heterocycles. The zero-order valence-corrected chi connectivity index (χ0v) is 16.3. The van der Waals surface area contributed by atoms with Gasteiger partial charge in [-0.05, 0) is 48.2 Å². The lowest BCUT2D eigenvalue weighted by atomic mass is 9.83. The van der Waals surface area contributed by atoms with Crippen LogP contribution in [0.25, 0.3) is 22.3 Å². The number of hydrogen-bond acceptors (Lipinski definition) is 6. The lowest BCUT2D eigenvalue weighted by Crippen LogP contribution is -2.50. The van der Waals surface area contributed by atoms with Crippen molar-refractivity contribution in [3.05, 3.63) is 56.9 Å². The fraction of sp³-hybridized carbons (Fsp3) is 0.318. The maximum absolute atomic E-state index is 13.3. The van der Waals surface area contributed by atoms with Gasteiger partial charge in [0.25, 0.3) is 5.56 Å². The minimum Gasteiger partial charge on any atom is -0.508 e. The zero-order chi connectivity index (χ0) is 20.5. The van der Waals surface area contributed by atoms with Crippen LogP contribution in [0.1, 0.15) is 42.5 Å². The van der Waals surface area contributed by atoms with E-state index >= 15 is 0 Å². The average molecular weight is 391 g/mol. The molecule has 1 aromatic carbocycles. The van der Waals surface area contributed by atoms with Crippen LogP contribution in [0.3, 0.4) is 0 Å². The number of aromatic nitrogens is 2. The summed E-state index contributed by atoms with van der Waals surface area (Å²) in [5.41, 5.74) is 10.0. The van der Waals surface area contributed by atoms with E-state index in [1.54, 1.807) is 22.8 Å². The van der Waals surface area contributed by atoms with Gasteiger partial charge in [-0.3, -0.25) is 4.79 Å². The van der Waals surface area contributed by atoms with Crippen molar-refractivity contribution in [3.63, 3.8) is 0 Å². The van der Waals surface area contributed by atoms with Gasteiger partial charge >= 0.3 is 5.97 Å². The summed E-state index contributed by atoms with van der Waals surface area (Å²) >= 11 is 0. The number of benzene rings is 1. The summed E-state index contributed by atoms with van der Waals surface area (Å²) in [4.78, 5) is 30.5. The van der Waals surface area contributed by atoms with Crippen molar-refractivity contribution in [1.29, 1.82) is 0 Å². The Hall–Kier alpha value is -3.19. The summed E-state index contributed by atoms with van der Waals surface area (Å²) in [5, 5.41) is 10.8. The Bertz CT molecular complexity index is 1280. The molecule has 29 heavy (non-hydrogen) atoms. The molecule has 1 atom stereocenters. The van der Waals surface area contributed by atoms with E-state index in [-0.39, 0.29) is 17.9 Å². The summed E-state index contributed by atoms with van der Waals surface area (Å²) in [6.07, 6.45) is 1.07. The Kier molecular flexibility index (Phi) is 3.64. The van der Waals surface area contributed by atoms with Gasteiger partial charge in [-0.2, -0.15) is 0 Å². The first-order valence-corrected chi connectivity index (χ1v) is 9.77. The number of carbonyl (C=O) groups excluding carboxylic acids is 1. The van der Waals surface area contributed by atoms with Crippen molar-refractivity contribution >= 4 is 16.9 Å². The number of hydrogen-bond donors (Lipinski definition) is 2. The van der Waals surface area contributed by atoms with Gasteiger partial charge in [-0.15, -0.1) is 0 Å². The highest BCUT2D eigenvalue weighted by Gasteiger charge is 2.44. The van der Waals surface area contributed by atoms with Crippen molar-refractivity contribution in [2.24, 2.45) is 5.73 Å². The number of pyridine rings is 2. The number of nitrogens with two attached hydrogens (primary N) is 1. The first-order valence-electron chi connectivity index (χ1n) is 9.77. The largest absolute Gasteiger partial charge is 0.508 e. The molecular weight excluding hydrogens is 370 g/mol. The second-order valence-electron chi connectivity index (χ2n) is 7.69. The molecule has 2 aromatic heterocycles. The van der Waals surface area contributed by atoms with E-state index in [9.17, 15) is 14.7 Å². The third kappa shape index (κ3) is 2.25. The van der Waals surface area contributed by atoms with Gasteiger partial charge < -0.3 is 20.1 Å². The van der Waals surface area contributed by atoms with E-state index in [0.717, 1.165) is 34.1 Å². The minimum absolute atomic E-state index is 0.0630. The minimum atomic E-state index is -1.33. The van der Waals surface area contributed by atoms with Crippen molar-refractivity contribution in [2.45, 2.75) is 45.4 Å². The normalized spacial score (nSPS) is 19.6. The Morgan fingerprint density at radius 1 is 1.24 bits per heavy atom. The molecule has 7 heteroatoms. The van der Waals surface area contributed by atoms with E-state index in [1.165, 1.54) is 0 Å². The summed E-state index contributed by atoms with van der Waals surface area (Å²) in [6.45, 7) is 4.19. The number of phenolic OH excluding ortho intramolecular Hbond substituents is 1. The van der Waals surface area contributed by atoms with Crippen LogP contribution < -0.4 is 11.3 Å². The highest BCUT2D eigenvalue weighted by molar-refractivity contribution is 5.90. The van der Waals surface area contributed by atoms with E-state index in [1.807, 2.05) is 19.9 Å². The predicted molar refractivity (Wildman–Crippen MR) is 108 cm³/mol. The van der Waals surface area contributed by atoms with Gasteiger partial charge in [-0.25, -0.2) is 9.78 Å². The second kappa shape index (κ2) is 5.90. The molecule has 0 aliphatic carbocycles. The molecule has 0 spiro atoms. The monoisotopic (exact) mass is 391 g/mol. The highest BCUT2D eigenvalue weighted by Crippen LogP contribution is 2.39. The molecule has 0 bridgehead atoms. The maximum atomic E-state index is 13.3. The molecule has 2 aliphatic rings.